The van der Waals surface area contributed by atoms with Gasteiger partial charge in [0, 0.05) is 4.47 Å². The van der Waals surface area contributed by atoms with Gasteiger partial charge >= 0.3 is 0 Å². The molecule has 6 heteroatoms. The molecule has 0 aliphatic rings. The van der Waals surface area contributed by atoms with E-state index in [4.69, 9.17) is 5.11 Å². The van der Waals surface area contributed by atoms with Crippen molar-refractivity contribution < 1.29 is 13.5 Å². The van der Waals surface area contributed by atoms with Gasteiger partial charge in [-0.1, -0.05) is 6.07 Å². The van der Waals surface area contributed by atoms with Crippen LogP contribution < -0.4 is 4.72 Å². The molecule has 0 aliphatic carbocycles. The van der Waals surface area contributed by atoms with Crippen molar-refractivity contribution in [2.75, 3.05) is 7.05 Å². The fourth-order valence-corrected chi connectivity index (χ4v) is 2.82. The molecule has 0 atom stereocenters. The maximum Gasteiger partial charge on any atom is 0.241 e. The van der Waals surface area contributed by atoms with E-state index in [2.05, 4.69) is 20.7 Å². The second-order valence-corrected chi connectivity index (χ2v) is 5.34. The Labute approximate surface area is 91.1 Å². The maximum absolute atomic E-state index is 11.4. The van der Waals surface area contributed by atoms with Crippen molar-refractivity contribution in [2.45, 2.75) is 11.5 Å². The van der Waals surface area contributed by atoms with Crippen LogP contribution in [-0.4, -0.2) is 20.6 Å². The van der Waals surface area contributed by atoms with E-state index in [0.29, 0.717) is 10.0 Å². The lowest BCUT2D eigenvalue weighted by Gasteiger charge is -2.06. The van der Waals surface area contributed by atoms with Crippen LogP contribution in [0.5, 0.6) is 0 Å². The molecule has 1 rings (SSSR count). The van der Waals surface area contributed by atoms with E-state index in [1.165, 1.54) is 13.1 Å². The van der Waals surface area contributed by atoms with E-state index >= 15 is 0 Å². The summed E-state index contributed by atoms with van der Waals surface area (Å²) in [5.74, 6) is 0. The van der Waals surface area contributed by atoms with E-state index in [0.717, 1.165) is 0 Å². The second kappa shape index (κ2) is 4.39. The predicted octanol–water partition coefficient (Wildman–Crippen LogP) is 0.849. The lowest BCUT2D eigenvalue weighted by molar-refractivity contribution is 0.281. The van der Waals surface area contributed by atoms with E-state index in [-0.39, 0.29) is 11.5 Å². The Morgan fingerprint density at radius 2 is 2.14 bits per heavy atom. The van der Waals surface area contributed by atoms with Crippen LogP contribution in [0.4, 0.5) is 0 Å². The second-order valence-electron chi connectivity index (χ2n) is 2.63. The largest absolute Gasteiger partial charge is 0.392 e. The molecule has 0 fully saturated rings. The zero-order chi connectivity index (χ0) is 10.8. The van der Waals surface area contributed by atoms with Gasteiger partial charge in [-0.05, 0) is 40.7 Å². The number of hydrogen-bond acceptors (Lipinski definition) is 3. The molecule has 0 saturated carbocycles. The number of sulfonamides is 1. The number of aliphatic hydroxyl groups is 1. The Morgan fingerprint density at radius 3 is 2.57 bits per heavy atom. The monoisotopic (exact) mass is 279 g/mol. The van der Waals surface area contributed by atoms with Gasteiger partial charge in [0.25, 0.3) is 0 Å². The molecular weight excluding hydrogens is 270 g/mol. The predicted molar refractivity (Wildman–Crippen MR) is 56.3 cm³/mol. The lowest BCUT2D eigenvalue weighted by atomic mass is 10.2. The zero-order valence-electron chi connectivity index (χ0n) is 7.49. The number of nitrogens with one attached hydrogen (secondary N) is 1. The van der Waals surface area contributed by atoms with Crippen LogP contribution in [0.3, 0.4) is 0 Å². The van der Waals surface area contributed by atoms with Crippen LogP contribution in [0.2, 0.25) is 0 Å². The summed E-state index contributed by atoms with van der Waals surface area (Å²) >= 11 is 3.13. The van der Waals surface area contributed by atoms with Gasteiger partial charge in [-0.25, -0.2) is 13.1 Å². The van der Waals surface area contributed by atoms with Crippen molar-refractivity contribution >= 4 is 26.0 Å². The standard InChI is InChI=1S/C8H10BrNO3S/c1-10-14(12,13)8-3-2-6(5-11)4-7(8)9/h2-4,10-11H,5H2,1H3. The van der Waals surface area contributed by atoms with Gasteiger partial charge in [0.05, 0.1) is 11.5 Å². The molecule has 0 bridgehead atoms. The average molecular weight is 280 g/mol. The molecule has 0 amide bonds. The summed E-state index contributed by atoms with van der Waals surface area (Å²) in [5.41, 5.74) is 0.659. The highest BCUT2D eigenvalue weighted by Gasteiger charge is 2.14. The molecule has 78 valence electrons. The zero-order valence-corrected chi connectivity index (χ0v) is 9.89. The number of benzene rings is 1. The summed E-state index contributed by atoms with van der Waals surface area (Å²) in [6, 6.07) is 4.58. The third kappa shape index (κ3) is 2.33. The highest BCUT2D eigenvalue weighted by molar-refractivity contribution is 9.10. The molecule has 0 aromatic heterocycles. The summed E-state index contributed by atoms with van der Waals surface area (Å²) in [6.07, 6.45) is 0. The Morgan fingerprint density at radius 1 is 1.50 bits per heavy atom. The normalized spacial score (nSPS) is 11.6. The van der Waals surface area contributed by atoms with Gasteiger partial charge in [-0.3, -0.25) is 0 Å². The smallest absolute Gasteiger partial charge is 0.241 e. The van der Waals surface area contributed by atoms with E-state index in [1.54, 1.807) is 12.1 Å². The van der Waals surface area contributed by atoms with Crippen molar-refractivity contribution in [1.29, 1.82) is 0 Å². The number of aliphatic hydroxyl groups excluding tert-OH is 1. The number of hydrogen-bond donors (Lipinski definition) is 2. The van der Waals surface area contributed by atoms with Gasteiger partial charge in [0.1, 0.15) is 0 Å². The lowest BCUT2D eigenvalue weighted by Crippen LogP contribution is -2.19. The van der Waals surface area contributed by atoms with Crippen molar-refractivity contribution in [1.82, 2.24) is 4.72 Å². The van der Waals surface area contributed by atoms with Crippen LogP contribution >= 0.6 is 15.9 Å². The minimum absolute atomic E-state index is 0.113. The van der Waals surface area contributed by atoms with E-state index in [9.17, 15) is 8.42 Å². The van der Waals surface area contributed by atoms with Crippen molar-refractivity contribution in [2.24, 2.45) is 0 Å². The fraction of sp³-hybridized carbons (Fsp3) is 0.250. The Bertz CT molecular complexity index is 430. The topological polar surface area (TPSA) is 66.4 Å². The number of rotatable bonds is 3. The first-order chi connectivity index (χ1) is 6.51. The van der Waals surface area contributed by atoms with Crippen LogP contribution in [0, 0.1) is 0 Å². The Kier molecular flexibility index (Phi) is 3.65. The van der Waals surface area contributed by atoms with Crippen LogP contribution in [-0.2, 0) is 16.6 Å². The summed E-state index contributed by atoms with van der Waals surface area (Å²) in [6.45, 7) is -0.113. The Hall–Kier alpha value is -0.430. The molecule has 0 spiro atoms. The van der Waals surface area contributed by atoms with Gasteiger partial charge in [0.2, 0.25) is 10.0 Å². The fourth-order valence-electron chi connectivity index (χ4n) is 0.971. The van der Waals surface area contributed by atoms with Crippen molar-refractivity contribution in [3.8, 4) is 0 Å². The van der Waals surface area contributed by atoms with Gasteiger partial charge in [-0.2, -0.15) is 0 Å². The third-order valence-corrected chi connectivity index (χ3v) is 4.13. The molecule has 1 aromatic rings. The first kappa shape index (κ1) is 11.6. The molecule has 2 N–H and O–H groups in total. The molecule has 0 radical (unpaired) electrons. The van der Waals surface area contributed by atoms with Crippen molar-refractivity contribution in [3.05, 3.63) is 28.2 Å². The Balaban J connectivity index is 3.26. The van der Waals surface area contributed by atoms with Gasteiger partial charge < -0.3 is 5.11 Å². The minimum Gasteiger partial charge on any atom is -0.392 e. The quantitative estimate of drug-likeness (QED) is 0.862. The summed E-state index contributed by atoms with van der Waals surface area (Å²) in [7, 11) is -2.08. The van der Waals surface area contributed by atoms with Crippen LogP contribution in [0.1, 0.15) is 5.56 Å². The molecule has 14 heavy (non-hydrogen) atoms. The summed E-state index contributed by atoms with van der Waals surface area (Å²) in [5, 5.41) is 8.83. The molecule has 0 unspecified atom stereocenters. The highest BCUT2D eigenvalue weighted by atomic mass is 79.9. The maximum atomic E-state index is 11.4. The third-order valence-electron chi connectivity index (χ3n) is 1.74. The van der Waals surface area contributed by atoms with Crippen LogP contribution in [0.25, 0.3) is 0 Å². The van der Waals surface area contributed by atoms with E-state index < -0.39 is 10.0 Å². The molecular formula is C8H10BrNO3S. The SMILES string of the molecule is CNS(=O)(=O)c1ccc(CO)cc1Br. The first-order valence-corrected chi connectivity index (χ1v) is 6.11. The van der Waals surface area contributed by atoms with Gasteiger partial charge in [-0.15, -0.1) is 0 Å². The van der Waals surface area contributed by atoms with Crippen LogP contribution in [0.15, 0.2) is 27.6 Å². The molecule has 4 nitrogen and oxygen atoms in total. The molecule has 1 aromatic carbocycles. The molecule has 0 heterocycles. The minimum atomic E-state index is -3.43. The average Bonchev–Trinajstić information content (AvgIpc) is 2.17. The molecule has 0 aliphatic heterocycles. The van der Waals surface area contributed by atoms with E-state index in [1.807, 2.05) is 0 Å². The molecule has 0 saturated heterocycles. The first-order valence-electron chi connectivity index (χ1n) is 3.84. The van der Waals surface area contributed by atoms with Gasteiger partial charge in [0.15, 0.2) is 0 Å². The number of halogens is 1. The van der Waals surface area contributed by atoms with Crippen molar-refractivity contribution in [3.63, 3.8) is 0 Å². The summed E-state index contributed by atoms with van der Waals surface area (Å²) in [4.78, 5) is 0.164. The highest BCUT2D eigenvalue weighted by Crippen LogP contribution is 2.22. The summed E-state index contributed by atoms with van der Waals surface area (Å²) < 4.78 is 25.5.